The molecule has 0 aliphatic rings. The molecule has 17 heavy (non-hydrogen) atoms. The van der Waals surface area contributed by atoms with Gasteiger partial charge >= 0.3 is 5.97 Å². The Morgan fingerprint density at radius 3 is 2.65 bits per heavy atom. The van der Waals surface area contributed by atoms with Crippen molar-refractivity contribution in [2.75, 3.05) is 0 Å². The van der Waals surface area contributed by atoms with E-state index in [-0.39, 0.29) is 17.0 Å². The van der Waals surface area contributed by atoms with E-state index < -0.39 is 5.97 Å². The van der Waals surface area contributed by atoms with Crippen molar-refractivity contribution in [2.45, 2.75) is 6.92 Å². The summed E-state index contributed by atoms with van der Waals surface area (Å²) in [4.78, 5) is 38.9. The van der Waals surface area contributed by atoms with E-state index in [2.05, 4.69) is 15.0 Å². The predicted octanol–water partition coefficient (Wildman–Crippen LogP) is 1.08. The van der Waals surface area contributed by atoms with Gasteiger partial charge in [-0.3, -0.25) is 0 Å². The highest BCUT2D eigenvalue weighted by atomic mass is 16.7. The van der Waals surface area contributed by atoms with Crippen molar-refractivity contribution in [3.05, 3.63) is 23.3 Å². The quantitative estimate of drug-likeness (QED) is 0.364. The summed E-state index contributed by atoms with van der Waals surface area (Å²) >= 11 is 0. The maximum Gasteiger partial charge on any atom is 0.369 e. The number of hydrogen-bond donors (Lipinski definition) is 1. The van der Waals surface area contributed by atoms with Gasteiger partial charge in [0.05, 0.1) is 11.3 Å². The number of aliphatic imine (C=N–C) groups is 1. The fourth-order valence-corrected chi connectivity index (χ4v) is 1.26. The Hall–Kier alpha value is -2.75. The van der Waals surface area contributed by atoms with E-state index in [1.165, 1.54) is 19.1 Å². The molecule has 0 saturated carbocycles. The van der Waals surface area contributed by atoms with Gasteiger partial charge in [-0.2, -0.15) is 4.99 Å². The first-order valence-corrected chi connectivity index (χ1v) is 4.30. The molecule has 0 atom stereocenters. The monoisotopic (exact) mass is 234 g/mol. The van der Waals surface area contributed by atoms with Gasteiger partial charge in [-0.05, 0) is 18.6 Å². The lowest BCUT2D eigenvalue weighted by atomic mass is 10.1. The molecule has 1 aromatic carbocycles. The lowest BCUT2D eigenvalue weighted by Crippen LogP contribution is -2.03. The average Bonchev–Trinajstić information content (AvgIpc) is 2.25. The number of benzene rings is 1. The first-order valence-electron chi connectivity index (χ1n) is 4.30. The van der Waals surface area contributed by atoms with Gasteiger partial charge in [0.2, 0.25) is 6.08 Å². The van der Waals surface area contributed by atoms with Crippen LogP contribution in [-0.4, -0.2) is 23.2 Å². The molecule has 0 spiro atoms. The van der Waals surface area contributed by atoms with E-state index in [1.54, 1.807) is 0 Å². The van der Waals surface area contributed by atoms with Gasteiger partial charge in [-0.25, -0.2) is 14.4 Å². The molecule has 0 heterocycles. The fraction of sp³-hybridized carbons (Fsp3) is 0.100. The second-order valence-corrected chi connectivity index (χ2v) is 2.92. The lowest BCUT2D eigenvalue weighted by molar-refractivity contribution is 0.0516. The molecule has 0 bridgehead atoms. The largest absolute Gasteiger partial charge is 0.508 e. The summed E-state index contributed by atoms with van der Waals surface area (Å²) in [5, 5.41) is 11.9. The Balaban J connectivity index is 3.34. The molecular formula is C10H6N2O5. The van der Waals surface area contributed by atoms with Gasteiger partial charge in [0.25, 0.3) is 6.08 Å². The van der Waals surface area contributed by atoms with Crippen LogP contribution in [0.5, 0.6) is 5.75 Å². The van der Waals surface area contributed by atoms with E-state index in [0.717, 1.165) is 12.1 Å². The van der Waals surface area contributed by atoms with Crippen LogP contribution >= 0.6 is 0 Å². The molecule has 0 saturated heterocycles. The lowest BCUT2D eigenvalue weighted by Gasteiger charge is -2.05. The third-order valence-corrected chi connectivity index (χ3v) is 1.84. The molecule has 0 fully saturated rings. The number of hydrogen-bond acceptors (Lipinski definition) is 7. The van der Waals surface area contributed by atoms with Gasteiger partial charge in [0.15, 0.2) is 0 Å². The van der Waals surface area contributed by atoms with Crippen LogP contribution in [0, 0.1) is 6.92 Å². The summed E-state index contributed by atoms with van der Waals surface area (Å²) in [7, 11) is 0. The van der Waals surface area contributed by atoms with E-state index >= 15 is 0 Å². The number of isocyanates is 2. The molecule has 1 aromatic rings. The Morgan fingerprint density at radius 1 is 1.35 bits per heavy atom. The smallest absolute Gasteiger partial charge is 0.369 e. The Labute approximate surface area is 95.0 Å². The third kappa shape index (κ3) is 2.85. The highest BCUT2D eigenvalue weighted by molar-refractivity contribution is 5.97. The Bertz CT molecular complexity index is 554. The van der Waals surface area contributed by atoms with Gasteiger partial charge < -0.3 is 9.94 Å². The second-order valence-electron chi connectivity index (χ2n) is 2.92. The van der Waals surface area contributed by atoms with Gasteiger partial charge in [-0.15, -0.1) is 0 Å². The summed E-state index contributed by atoms with van der Waals surface area (Å²) < 4.78 is 0. The summed E-state index contributed by atoms with van der Waals surface area (Å²) in [6.07, 6.45) is 2.26. The standard InChI is InChI=1S/C10H6N2O5/c1-6-2-7(15)3-8(11-4-13)9(6)10(16)17-12-5-14/h2-3,15H,1H3. The molecule has 86 valence electrons. The highest BCUT2D eigenvalue weighted by Gasteiger charge is 2.17. The molecule has 0 radical (unpaired) electrons. The zero-order chi connectivity index (χ0) is 12.8. The maximum atomic E-state index is 11.5. The summed E-state index contributed by atoms with van der Waals surface area (Å²) in [5.41, 5.74) is 0.0962. The third-order valence-electron chi connectivity index (χ3n) is 1.84. The Morgan fingerprint density at radius 2 is 2.06 bits per heavy atom. The molecule has 1 N–H and O–H groups in total. The van der Waals surface area contributed by atoms with Crippen molar-refractivity contribution in [1.29, 1.82) is 0 Å². The number of phenolic OH excluding ortho intramolecular Hbond substituents is 1. The minimum atomic E-state index is -0.986. The zero-order valence-electron chi connectivity index (χ0n) is 8.63. The van der Waals surface area contributed by atoms with Crippen LogP contribution in [0.25, 0.3) is 0 Å². The predicted molar refractivity (Wildman–Crippen MR) is 54.2 cm³/mol. The molecule has 1 rings (SSSR count). The van der Waals surface area contributed by atoms with Crippen molar-refractivity contribution in [2.24, 2.45) is 10.1 Å². The average molecular weight is 234 g/mol. The van der Waals surface area contributed by atoms with Crippen molar-refractivity contribution < 1.29 is 24.3 Å². The van der Waals surface area contributed by atoms with Crippen molar-refractivity contribution >= 4 is 23.8 Å². The van der Waals surface area contributed by atoms with Crippen LogP contribution in [-0.2, 0) is 14.4 Å². The van der Waals surface area contributed by atoms with Crippen molar-refractivity contribution in [3.8, 4) is 5.75 Å². The SMILES string of the molecule is Cc1cc(O)cc(N=C=O)c1C(=O)ON=C=O. The van der Waals surface area contributed by atoms with Gasteiger partial charge in [0.1, 0.15) is 5.75 Å². The van der Waals surface area contributed by atoms with Crippen LogP contribution in [0.2, 0.25) is 0 Å². The maximum absolute atomic E-state index is 11.5. The summed E-state index contributed by atoms with van der Waals surface area (Å²) in [5.74, 6) is -1.16. The van der Waals surface area contributed by atoms with E-state index in [1.807, 2.05) is 0 Å². The number of aromatic hydroxyl groups is 1. The van der Waals surface area contributed by atoms with Gasteiger partial charge in [-0.1, -0.05) is 0 Å². The van der Waals surface area contributed by atoms with Crippen molar-refractivity contribution in [3.63, 3.8) is 0 Å². The molecule has 0 aliphatic carbocycles. The summed E-state index contributed by atoms with van der Waals surface area (Å²) in [6.45, 7) is 1.49. The molecular weight excluding hydrogens is 228 g/mol. The first kappa shape index (κ1) is 12.3. The number of rotatable bonds is 3. The molecule has 0 aromatic heterocycles. The minimum Gasteiger partial charge on any atom is -0.508 e. The molecule has 7 heteroatoms. The van der Waals surface area contributed by atoms with Crippen molar-refractivity contribution in [1.82, 2.24) is 0 Å². The number of nitrogens with zero attached hydrogens (tertiary/aromatic N) is 2. The number of carbonyl (C=O) groups is 1. The minimum absolute atomic E-state index is 0.0925. The number of aryl methyl sites for hydroxylation is 1. The Kier molecular flexibility index (Phi) is 3.89. The normalized spacial score (nSPS) is 8.76. The second kappa shape index (κ2) is 5.37. The first-order chi connectivity index (χ1) is 8.10. The molecule has 0 amide bonds. The van der Waals surface area contributed by atoms with Gasteiger partial charge in [0, 0.05) is 11.2 Å². The summed E-state index contributed by atoms with van der Waals surface area (Å²) in [6, 6.07) is 2.35. The van der Waals surface area contributed by atoms with Crippen LogP contribution in [0.3, 0.4) is 0 Å². The highest BCUT2D eigenvalue weighted by Crippen LogP contribution is 2.28. The van der Waals surface area contributed by atoms with E-state index in [4.69, 9.17) is 0 Å². The zero-order valence-corrected chi connectivity index (χ0v) is 8.63. The van der Waals surface area contributed by atoms with Crippen LogP contribution in [0.15, 0.2) is 22.3 Å². The number of phenols is 1. The topological polar surface area (TPSA) is 105 Å². The van der Waals surface area contributed by atoms with Crippen LogP contribution in [0.1, 0.15) is 15.9 Å². The molecule has 0 unspecified atom stereocenters. The van der Waals surface area contributed by atoms with E-state index in [9.17, 15) is 19.5 Å². The van der Waals surface area contributed by atoms with Crippen LogP contribution in [0.4, 0.5) is 5.69 Å². The fourth-order valence-electron chi connectivity index (χ4n) is 1.26. The molecule has 7 nitrogen and oxygen atoms in total. The number of carbonyl (C=O) groups excluding carboxylic acids is 3. The van der Waals surface area contributed by atoms with Crippen LogP contribution < -0.4 is 0 Å². The molecule has 0 aliphatic heterocycles. The van der Waals surface area contributed by atoms with E-state index in [0.29, 0.717) is 5.56 Å².